The van der Waals surface area contributed by atoms with Crippen molar-refractivity contribution in [2.45, 2.75) is 23.6 Å². The number of aliphatic hydroxyl groups is 1. The SMILES string of the molecule is COc1ccc(S(=O)(=O)N(Cc2ccccc2)[C@H]2CS(=O)(=O)C[C@H]2O)cc1. The fourth-order valence-corrected chi connectivity index (χ4v) is 6.65. The summed E-state index contributed by atoms with van der Waals surface area (Å²) in [5.41, 5.74) is 0.700. The molecule has 146 valence electrons. The van der Waals surface area contributed by atoms with E-state index in [1.807, 2.05) is 0 Å². The van der Waals surface area contributed by atoms with Gasteiger partial charge in [-0.3, -0.25) is 0 Å². The number of hydrogen-bond acceptors (Lipinski definition) is 6. The van der Waals surface area contributed by atoms with E-state index < -0.39 is 43.5 Å². The maximum atomic E-state index is 13.3. The van der Waals surface area contributed by atoms with Gasteiger partial charge in [-0.2, -0.15) is 4.31 Å². The van der Waals surface area contributed by atoms with Gasteiger partial charge in [-0.25, -0.2) is 16.8 Å². The van der Waals surface area contributed by atoms with Gasteiger partial charge in [0.05, 0.1) is 35.7 Å². The third kappa shape index (κ3) is 4.32. The number of hydrogen-bond donors (Lipinski definition) is 1. The lowest BCUT2D eigenvalue weighted by molar-refractivity contribution is 0.125. The topological polar surface area (TPSA) is 101 Å². The number of sulfonamides is 1. The first-order valence-corrected chi connectivity index (χ1v) is 11.6. The molecule has 1 fully saturated rings. The van der Waals surface area contributed by atoms with Gasteiger partial charge in [-0.1, -0.05) is 30.3 Å². The molecule has 0 aliphatic carbocycles. The second-order valence-electron chi connectivity index (χ2n) is 6.42. The van der Waals surface area contributed by atoms with Crippen LogP contribution >= 0.6 is 0 Å². The Morgan fingerprint density at radius 2 is 1.70 bits per heavy atom. The van der Waals surface area contributed by atoms with Crippen molar-refractivity contribution in [3.8, 4) is 5.75 Å². The Labute approximate surface area is 159 Å². The van der Waals surface area contributed by atoms with Gasteiger partial charge in [0.25, 0.3) is 0 Å². The molecule has 0 unspecified atom stereocenters. The molecule has 0 bridgehead atoms. The summed E-state index contributed by atoms with van der Waals surface area (Å²) in [5.74, 6) is -0.343. The van der Waals surface area contributed by atoms with E-state index in [1.165, 1.54) is 31.4 Å². The summed E-state index contributed by atoms with van der Waals surface area (Å²) in [6.45, 7) is -0.0353. The van der Waals surface area contributed by atoms with Crippen molar-refractivity contribution in [1.29, 1.82) is 0 Å². The first kappa shape index (κ1) is 19.8. The number of sulfone groups is 1. The lowest BCUT2D eigenvalue weighted by Crippen LogP contribution is -2.46. The quantitative estimate of drug-likeness (QED) is 0.762. The fourth-order valence-electron chi connectivity index (χ4n) is 3.11. The summed E-state index contributed by atoms with van der Waals surface area (Å²) in [4.78, 5) is 0.00993. The van der Waals surface area contributed by atoms with E-state index in [0.717, 1.165) is 4.31 Å². The van der Waals surface area contributed by atoms with E-state index in [4.69, 9.17) is 4.74 Å². The molecule has 1 aliphatic heterocycles. The largest absolute Gasteiger partial charge is 0.497 e. The maximum absolute atomic E-state index is 13.3. The smallest absolute Gasteiger partial charge is 0.243 e. The van der Waals surface area contributed by atoms with E-state index in [-0.39, 0.29) is 11.4 Å². The molecule has 2 aromatic carbocycles. The summed E-state index contributed by atoms with van der Waals surface area (Å²) in [7, 11) is -6.07. The standard InChI is InChI=1S/C18H21NO6S2/c1-25-15-7-9-16(10-8-15)27(23,24)19(11-14-5-3-2-4-6-14)17-12-26(21,22)13-18(17)20/h2-10,17-18,20H,11-13H2,1H3/t17-,18+/m0/s1. The average Bonchev–Trinajstić information content (AvgIpc) is 2.92. The highest BCUT2D eigenvalue weighted by molar-refractivity contribution is 7.92. The van der Waals surface area contributed by atoms with Crippen LogP contribution in [0.15, 0.2) is 59.5 Å². The number of aliphatic hydroxyl groups excluding tert-OH is 1. The van der Waals surface area contributed by atoms with Crippen molar-refractivity contribution in [2.75, 3.05) is 18.6 Å². The third-order valence-electron chi connectivity index (χ3n) is 4.51. The number of benzene rings is 2. The molecule has 1 N–H and O–H groups in total. The molecular formula is C18H21NO6S2. The lowest BCUT2D eigenvalue weighted by Gasteiger charge is -2.29. The van der Waals surface area contributed by atoms with E-state index in [9.17, 15) is 21.9 Å². The molecule has 0 saturated carbocycles. The summed E-state index contributed by atoms with van der Waals surface area (Å²) >= 11 is 0. The molecule has 0 radical (unpaired) electrons. The molecule has 7 nitrogen and oxygen atoms in total. The lowest BCUT2D eigenvalue weighted by atomic mass is 10.2. The zero-order chi connectivity index (χ0) is 19.7. The second-order valence-corrected chi connectivity index (χ2v) is 10.5. The van der Waals surface area contributed by atoms with Crippen LogP contribution in [0.25, 0.3) is 0 Å². The van der Waals surface area contributed by atoms with Gasteiger partial charge in [0.15, 0.2) is 9.84 Å². The Balaban J connectivity index is 2.02. The van der Waals surface area contributed by atoms with Crippen LogP contribution in [0, 0.1) is 0 Å². The highest BCUT2D eigenvalue weighted by atomic mass is 32.2. The highest BCUT2D eigenvalue weighted by Crippen LogP contribution is 2.28. The molecule has 1 saturated heterocycles. The zero-order valence-corrected chi connectivity index (χ0v) is 16.4. The Bertz CT molecular complexity index is 988. The van der Waals surface area contributed by atoms with Gasteiger partial charge in [-0.05, 0) is 29.8 Å². The Kier molecular flexibility index (Phi) is 5.57. The number of nitrogens with zero attached hydrogens (tertiary/aromatic N) is 1. The van der Waals surface area contributed by atoms with E-state index in [2.05, 4.69) is 0 Å². The molecule has 0 amide bonds. The monoisotopic (exact) mass is 411 g/mol. The van der Waals surface area contributed by atoms with Gasteiger partial charge >= 0.3 is 0 Å². The molecule has 2 atom stereocenters. The van der Waals surface area contributed by atoms with Crippen molar-refractivity contribution >= 4 is 19.9 Å². The number of methoxy groups -OCH3 is 1. The van der Waals surface area contributed by atoms with Crippen LogP contribution in [0.2, 0.25) is 0 Å². The van der Waals surface area contributed by atoms with Crippen molar-refractivity contribution in [3.63, 3.8) is 0 Å². The molecular weight excluding hydrogens is 390 g/mol. The average molecular weight is 412 g/mol. The summed E-state index contributed by atoms with van der Waals surface area (Å²) in [5, 5.41) is 10.3. The molecule has 0 spiro atoms. The number of ether oxygens (including phenoxy) is 1. The van der Waals surface area contributed by atoms with Gasteiger partial charge < -0.3 is 9.84 Å². The van der Waals surface area contributed by atoms with Crippen molar-refractivity contribution in [1.82, 2.24) is 4.31 Å². The van der Waals surface area contributed by atoms with Crippen molar-refractivity contribution < 1.29 is 26.7 Å². The van der Waals surface area contributed by atoms with Crippen LogP contribution in [0.3, 0.4) is 0 Å². The predicted octanol–water partition coefficient (Wildman–Crippen LogP) is 1.04. The molecule has 1 aliphatic rings. The van der Waals surface area contributed by atoms with Crippen LogP contribution < -0.4 is 4.74 Å². The van der Waals surface area contributed by atoms with Gasteiger partial charge in [0, 0.05) is 6.54 Å². The van der Waals surface area contributed by atoms with Crippen LogP contribution in [0.1, 0.15) is 5.56 Å². The summed E-state index contributed by atoms with van der Waals surface area (Å²) in [6.07, 6.45) is -1.27. The van der Waals surface area contributed by atoms with Crippen LogP contribution in [0.4, 0.5) is 0 Å². The Morgan fingerprint density at radius 3 is 2.22 bits per heavy atom. The molecule has 27 heavy (non-hydrogen) atoms. The first-order chi connectivity index (χ1) is 12.7. The minimum atomic E-state index is -4.04. The Morgan fingerprint density at radius 1 is 1.07 bits per heavy atom. The van der Waals surface area contributed by atoms with Gasteiger partial charge in [0.2, 0.25) is 10.0 Å². The Hall–Kier alpha value is -1.94. The second kappa shape index (κ2) is 7.59. The predicted molar refractivity (Wildman–Crippen MR) is 101 cm³/mol. The molecule has 1 heterocycles. The summed E-state index contributed by atoms with van der Waals surface area (Å²) in [6, 6.07) is 13.7. The van der Waals surface area contributed by atoms with Gasteiger partial charge in [-0.15, -0.1) is 0 Å². The fraction of sp³-hybridized carbons (Fsp3) is 0.333. The highest BCUT2D eigenvalue weighted by Gasteiger charge is 2.44. The van der Waals surface area contributed by atoms with E-state index in [1.54, 1.807) is 30.3 Å². The molecule has 2 aromatic rings. The van der Waals surface area contributed by atoms with Gasteiger partial charge in [0.1, 0.15) is 5.75 Å². The van der Waals surface area contributed by atoms with Crippen LogP contribution in [-0.4, -0.2) is 57.0 Å². The van der Waals surface area contributed by atoms with Crippen molar-refractivity contribution in [3.05, 3.63) is 60.2 Å². The van der Waals surface area contributed by atoms with Crippen molar-refractivity contribution in [2.24, 2.45) is 0 Å². The minimum absolute atomic E-state index is 0.00993. The number of rotatable bonds is 6. The summed E-state index contributed by atoms with van der Waals surface area (Å²) < 4.78 is 56.6. The zero-order valence-electron chi connectivity index (χ0n) is 14.7. The minimum Gasteiger partial charge on any atom is -0.497 e. The first-order valence-electron chi connectivity index (χ1n) is 8.31. The maximum Gasteiger partial charge on any atom is 0.243 e. The van der Waals surface area contributed by atoms with E-state index in [0.29, 0.717) is 11.3 Å². The van der Waals surface area contributed by atoms with Crippen LogP contribution in [0.5, 0.6) is 5.75 Å². The molecule has 0 aromatic heterocycles. The molecule has 3 rings (SSSR count). The van der Waals surface area contributed by atoms with Crippen LogP contribution in [-0.2, 0) is 26.4 Å². The normalized spacial score (nSPS) is 22.0. The molecule has 9 heteroatoms. The van der Waals surface area contributed by atoms with E-state index >= 15 is 0 Å². The third-order valence-corrected chi connectivity index (χ3v) is 8.09.